The Morgan fingerprint density at radius 2 is 1.86 bits per heavy atom. The van der Waals surface area contributed by atoms with E-state index in [1.165, 1.54) is 6.07 Å². The van der Waals surface area contributed by atoms with Crippen molar-refractivity contribution >= 4 is 5.78 Å². The number of aromatic hydroxyl groups is 1. The first kappa shape index (κ1) is 16.1. The van der Waals surface area contributed by atoms with Gasteiger partial charge in [0.25, 0.3) is 0 Å². The van der Waals surface area contributed by atoms with Gasteiger partial charge in [-0.25, -0.2) is 0 Å². The molecule has 0 aliphatic carbocycles. The summed E-state index contributed by atoms with van der Waals surface area (Å²) in [5, 5.41) is 10.1. The summed E-state index contributed by atoms with van der Waals surface area (Å²) in [6.45, 7) is 4.19. The average molecular weight is 298 g/mol. The van der Waals surface area contributed by atoms with E-state index in [-0.39, 0.29) is 17.6 Å². The van der Waals surface area contributed by atoms with Crippen LogP contribution in [0.5, 0.6) is 11.5 Å². The van der Waals surface area contributed by atoms with E-state index < -0.39 is 0 Å². The Hall–Kier alpha value is -2.29. The summed E-state index contributed by atoms with van der Waals surface area (Å²) in [5.74, 6) is 0.366. The smallest absolute Gasteiger partial charge is 0.196 e. The van der Waals surface area contributed by atoms with Crippen LogP contribution in [0, 0.1) is 0 Å². The molecule has 0 saturated carbocycles. The number of carbonyl (C=O) groups excluding carboxylic acids is 1. The van der Waals surface area contributed by atoms with E-state index in [0.717, 1.165) is 19.3 Å². The molecule has 0 bridgehead atoms. The van der Waals surface area contributed by atoms with E-state index >= 15 is 0 Å². The Labute approximate surface area is 131 Å². The van der Waals surface area contributed by atoms with Crippen molar-refractivity contribution in [3.8, 4) is 11.5 Å². The molecule has 0 fully saturated rings. The third kappa shape index (κ3) is 3.88. The van der Waals surface area contributed by atoms with Gasteiger partial charge < -0.3 is 9.84 Å². The largest absolute Gasteiger partial charge is 0.507 e. The lowest BCUT2D eigenvalue weighted by Gasteiger charge is -2.17. The van der Waals surface area contributed by atoms with Gasteiger partial charge in [-0.3, -0.25) is 4.79 Å². The summed E-state index contributed by atoms with van der Waals surface area (Å²) < 4.78 is 5.85. The monoisotopic (exact) mass is 298 g/mol. The van der Waals surface area contributed by atoms with Crippen molar-refractivity contribution in [1.29, 1.82) is 0 Å². The van der Waals surface area contributed by atoms with E-state index in [9.17, 15) is 9.90 Å². The van der Waals surface area contributed by atoms with Gasteiger partial charge >= 0.3 is 0 Å². The van der Waals surface area contributed by atoms with Gasteiger partial charge in [0.15, 0.2) is 5.78 Å². The van der Waals surface area contributed by atoms with Crippen molar-refractivity contribution in [2.75, 3.05) is 0 Å². The van der Waals surface area contributed by atoms with E-state index in [1.54, 1.807) is 36.4 Å². The molecule has 2 aromatic rings. The Bertz CT molecular complexity index is 620. The Kier molecular flexibility index (Phi) is 5.59. The first-order valence-corrected chi connectivity index (χ1v) is 7.75. The summed E-state index contributed by atoms with van der Waals surface area (Å²) in [5.41, 5.74) is 0.853. The number of carbonyl (C=O) groups is 1. The first-order chi connectivity index (χ1) is 10.7. The highest BCUT2D eigenvalue weighted by Crippen LogP contribution is 2.27. The number of hydrogen-bond acceptors (Lipinski definition) is 3. The number of hydrogen-bond donors (Lipinski definition) is 1. The fraction of sp³-hybridized carbons (Fsp3) is 0.316. The quantitative estimate of drug-likeness (QED) is 0.761. The maximum absolute atomic E-state index is 12.4. The maximum Gasteiger partial charge on any atom is 0.196 e. The number of phenols is 1. The fourth-order valence-corrected chi connectivity index (χ4v) is 2.38. The average Bonchev–Trinajstić information content (AvgIpc) is 2.55. The molecule has 2 aromatic carbocycles. The van der Waals surface area contributed by atoms with Crippen LogP contribution in [-0.2, 0) is 0 Å². The maximum atomic E-state index is 12.4. The van der Waals surface area contributed by atoms with Crippen molar-refractivity contribution in [1.82, 2.24) is 0 Å². The third-order valence-electron chi connectivity index (χ3n) is 3.62. The summed E-state index contributed by atoms with van der Waals surface area (Å²) >= 11 is 0. The van der Waals surface area contributed by atoms with Crippen molar-refractivity contribution in [2.45, 2.75) is 39.2 Å². The molecule has 0 aliphatic rings. The molecule has 0 spiro atoms. The highest BCUT2D eigenvalue weighted by atomic mass is 16.5. The van der Waals surface area contributed by atoms with Crippen molar-refractivity contribution < 1.29 is 14.6 Å². The van der Waals surface area contributed by atoms with Crippen LogP contribution < -0.4 is 4.74 Å². The molecule has 0 radical (unpaired) electrons. The summed E-state index contributed by atoms with van der Waals surface area (Å²) in [7, 11) is 0. The van der Waals surface area contributed by atoms with E-state index in [1.807, 2.05) is 6.07 Å². The Morgan fingerprint density at radius 3 is 2.45 bits per heavy atom. The lowest BCUT2D eigenvalue weighted by molar-refractivity contribution is 0.103. The molecule has 3 nitrogen and oxygen atoms in total. The van der Waals surface area contributed by atoms with Crippen molar-refractivity contribution in [3.63, 3.8) is 0 Å². The van der Waals surface area contributed by atoms with Gasteiger partial charge in [-0.15, -0.1) is 0 Å². The van der Waals surface area contributed by atoms with E-state index in [2.05, 4.69) is 13.8 Å². The summed E-state index contributed by atoms with van der Waals surface area (Å²) in [6.07, 6.45) is 3.08. The van der Waals surface area contributed by atoms with Crippen LogP contribution in [0.3, 0.4) is 0 Å². The Balaban J connectivity index is 2.18. The van der Waals surface area contributed by atoms with Crippen molar-refractivity contribution in [2.24, 2.45) is 0 Å². The zero-order chi connectivity index (χ0) is 15.9. The van der Waals surface area contributed by atoms with E-state index in [4.69, 9.17) is 4.74 Å². The minimum Gasteiger partial charge on any atom is -0.507 e. The Morgan fingerprint density at radius 1 is 1.14 bits per heavy atom. The van der Waals surface area contributed by atoms with Crippen LogP contribution in [-0.4, -0.2) is 17.0 Å². The molecule has 0 aliphatic heterocycles. The van der Waals surface area contributed by atoms with Crippen LogP contribution in [0.4, 0.5) is 0 Å². The molecular weight excluding hydrogens is 276 g/mol. The fourth-order valence-electron chi connectivity index (χ4n) is 2.38. The first-order valence-electron chi connectivity index (χ1n) is 7.75. The second kappa shape index (κ2) is 7.64. The van der Waals surface area contributed by atoms with Gasteiger partial charge in [0, 0.05) is 11.6 Å². The molecule has 0 heterocycles. The minimum atomic E-state index is -0.190. The van der Waals surface area contributed by atoms with Gasteiger partial charge in [-0.05, 0) is 25.0 Å². The normalized spacial score (nSPS) is 11.9. The zero-order valence-electron chi connectivity index (χ0n) is 13.1. The SMILES string of the molecule is CCCC(CC)Oc1ccc(C(=O)c2ccccc2)c(O)c1. The molecule has 0 amide bonds. The van der Waals surface area contributed by atoms with Gasteiger partial charge in [0.2, 0.25) is 0 Å². The number of ketones is 1. The second-order valence-corrected chi connectivity index (χ2v) is 5.31. The molecular formula is C19H22O3. The lowest BCUT2D eigenvalue weighted by atomic mass is 10.0. The molecule has 0 aromatic heterocycles. The molecule has 1 N–H and O–H groups in total. The predicted octanol–water partition coefficient (Wildman–Crippen LogP) is 4.58. The molecule has 116 valence electrons. The summed E-state index contributed by atoms with van der Waals surface area (Å²) in [6, 6.07) is 13.8. The zero-order valence-corrected chi connectivity index (χ0v) is 13.1. The molecule has 1 unspecified atom stereocenters. The van der Waals surface area contributed by atoms with Crippen LogP contribution in [0.2, 0.25) is 0 Å². The molecule has 2 rings (SSSR count). The van der Waals surface area contributed by atoms with Crippen molar-refractivity contribution in [3.05, 3.63) is 59.7 Å². The highest BCUT2D eigenvalue weighted by molar-refractivity contribution is 6.10. The third-order valence-corrected chi connectivity index (χ3v) is 3.62. The highest BCUT2D eigenvalue weighted by Gasteiger charge is 2.15. The predicted molar refractivity (Wildman–Crippen MR) is 87.6 cm³/mol. The number of benzene rings is 2. The standard InChI is InChI=1S/C19H22O3/c1-3-8-15(4-2)22-16-11-12-17(18(20)13-16)19(21)14-9-6-5-7-10-14/h5-7,9-13,15,20H,3-4,8H2,1-2H3. The van der Waals surface area contributed by atoms with Gasteiger partial charge in [-0.1, -0.05) is 50.6 Å². The second-order valence-electron chi connectivity index (χ2n) is 5.31. The van der Waals surface area contributed by atoms with Crippen LogP contribution in [0.25, 0.3) is 0 Å². The van der Waals surface area contributed by atoms with Crippen LogP contribution in [0.15, 0.2) is 48.5 Å². The molecule has 22 heavy (non-hydrogen) atoms. The molecule has 1 atom stereocenters. The van der Waals surface area contributed by atoms with Gasteiger partial charge in [0.1, 0.15) is 11.5 Å². The number of phenolic OH excluding ortho intramolecular Hbond substituents is 1. The van der Waals surface area contributed by atoms with E-state index in [0.29, 0.717) is 16.9 Å². The molecule has 0 saturated heterocycles. The van der Waals surface area contributed by atoms with Crippen LogP contribution >= 0.6 is 0 Å². The van der Waals surface area contributed by atoms with Crippen LogP contribution in [0.1, 0.15) is 49.0 Å². The van der Waals surface area contributed by atoms with Gasteiger partial charge in [-0.2, -0.15) is 0 Å². The van der Waals surface area contributed by atoms with Gasteiger partial charge in [0.05, 0.1) is 11.7 Å². The number of rotatable bonds is 7. The topological polar surface area (TPSA) is 46.5 Å². The lowest BCUT2D eigenvalue weighted by Crippen LogP contribution is -2.14. The number of ether oxygens (including phenoxy) is 1. The summed E-state index contributed by atoms with van der Waals surface area (Å²) in [4.78, 5) is 12.4. The minimum absolute atomic E-state index is 0.0438. The molecule has 3 heteroatoms.